The summed E-state index contributed by atoms with van der Waals surface area (Å²) in [5.74, 6) is 1.82. The van der Waals surface area contributed by atoms with Gasteiger partial charge in [0.25, 0.3) is 0 Å². The lowest BCUT2D eigenvalue weighted by molar-refractivity contribution is 0.363. The van der Waals surface area contributed by atoms with Crippen molar-refractivity contribution in [1.82, 2.24) is 15.5 Å². The van der Waals surface area contributed by atoms with Crippen LogP contribution in [0.1, 0.15) is 19.4 Å². The molecule has 0 atom stereocenters. The molecule has 2 N–H and O–H groups in total. The molecule has 0 spiro atoms. The van der Waals surface area contributed by atoms with Gasteiger partial charge >= 0.3 is 0 Å². The molecule has 0 saturated heterocycles. The fraction of sp³-hybridized carbons (Fsp3) is 0.588. The van der Waals surface area contributed by atoms with E-state index in [9.17, 15) is 0 Å². The number of nitrogens with zero attached hydrogens (tertiary/aromatic N) is 2. The first-order valence-electron chi connectivity index (χ1n) is 8.03. The Kier molecular flexibility index (Phi) is 12.8. The van der Waals surface area contributed by atoms with Crippen LogP contribution in [0.15, 0.2) is 29.3 Å². The monoisotopic (exact) mass is 434 g/mol. The van der Waals surface area contributed by atoms with Gasteiger partial charge in [0.15, 0.2) is 5.96 Å². The van der Waals surface area contributed by atoms with Crippen molar-refractivity contribution in [1.29, 1.82) is 0 Å². The van der Waals surface area contributed by atoms with Crippen LogP contribution in [0.4, 0.5) is 0 Å². The van der Waals surface area contributed by atoms with Gasteiger partial charge in [-0.1, -0.05) is 25.1 Å². The third kappa shape index (κ3) is 9.00. The van der Waals surface area contributed by atoms with E-state index >= 15 is 0 Å². The van der Waals surface area contributed by atoms with Crippen LogP contribution in [0.25, 0.3) is 0 Å². The molecule has 0 aromatic heterocycles. The van der Waals surface area contributed by atoms with Gasteiger partial charge in [-0.2, -0.15) is 0 Å². The third-order valence-corrected chi connectivity index (χ3v) is 3.52. The fourth-order valence-electron chi connectivity index (χ4n) is 2.06. The molecule has 23 heavy (non-hydrogen) atoms. The van der Waals surface area contributed by atoms with E-state index in [1.165, 1.54) is 5.56 Å². The number of likely N-dealkylation sites (N-methyl/N-ethyl adjacent to an activating group) is 1. The normalized spacial score (nSPS) is 11.1. The van der Waals surface area contributed by atoms with Gasteiger partial charge in [-0.05, 0) is 38.6 Å². The zero-order chi connectivity index (χ0) is 16.2. The van der Waals surface area contributed by atoms with Gasteiger partial charge in [-0.3, -0.25) is 4.99 Å². The lowest BCUT2D eigenvalue weighted by atomic mass is 10.1. The first-order valence-corrected chi connectivity index (χ1v) is 8.03. The molecule has 0 aliphatic carbocycles. The molecule has 5 nitrogen and oxygen atoms in total. The standard InChI is InChI=1S/C17H30N4O.HI/c1-5-18-17(20-13-14-21(3)6-2)19-12-11-15-9-7-8-10-16(15)22-4;/h7-10H,5-6,11-14H2,1-4H3,(H2,18,19,20);1H. The van der Waals surface area contributed by atoms with Crippen LogP contribution in [0.3, 0.4) is 0 Å². The van der Waals surface area contributed by atoms with Crippen molar-refractivity contribution < 1.29 is 4.74 Å². The summed E-state index contributed by atoms with van der Waals surface area (Å²) in [5.41, 5.74) is 1.21. The lowest BCUT2D eigenvalue weighted by Gasteiger charge is -2.14. The number of nitrogens with one attached hydrogen (secondary N) is 2. The number of hydrogen-bond acceptors (Lipinski definition) is 3. The van der Waals surface area contributed by atoms with Gasteiger partial charge in [-0.25, -0.2) is 0 Å². The molecule has 6 heteroatoms. The van der Waals surface area contributed by atoms with Crippen LogP contribution in [0.2, 0.25) is 0 Å². The molecule has 1 aromatic rings. The van der Waals surface area contributed by atoms with Crippen LogP contribution in [-0.2, 0) is 6.42 Å². The van der Waals surface area contributed by atoms with Crippen LogP contribution < -0.4 is 15.4 Å². The van der Waals surface area contributed by atoms with E-state index in [2.05, 4.69) is 47.5 Å². The Hall–Kier alpha value is -1.02. The van der Waals surface area contributed by atoms with Crippen molar-refractivity contribution in [2.45, 2.75) is 20.3 Å². The maximum Gasteiger partial charge on any atom is 0.191 e. The van der Waals surface area contributed by atoms with E-state index in [-0.39, 0.29) is 24.0 Å². The maximum atomic E-state index is 5.37. The highest BCUT2D eigenvalue weighted by Crippen LogP contribution is 2.17. The van der Waals surface area contributed by atoms with Crippen LogP contribution in [-0.4, -0.2) is 57.7 Å². The average molecular weight is 434 g/mol. The molecular formula is C17H31IN4O. The topological polar surface area (TPSA) is 48.9 Å². The SMILES string of the molecule is CCNC(=NCCN(C)CC)NCCc1ccccc1OC.I. The largest absolute Gasteiger partial charge is 0.496 e. The van der Waals surface area contributed by atoms with Gasteiger partial charge in [0.1, 0.15) is 5.75 Å². The molecular weight excluding hydrogens is 403 g/mol. The third-order valence-electron chi connectivity index (χ3n) is 3.52. The van der Waals surface area contributed by atoms with Crippen molar-refractivity contribution in [3.63, 3.8) is 0 Å². The summed E-state index contributed by atoms with van der Waals surface area (Å²) >= 11 is 0. The maximum absolute atomic E-state index is 5.37. The van der Waals surface area contributed by atoms with Crippen molar-refractivity contribution in [2.24, 2.45) is 4.99 Å². The van der Waals surface area contributed by atoms with E-state index in [0.29, 0.717) is 0 Å². The Morgan fingerprint density at radius 3 is 2.61 bits per heavy atom. The first-order chi connectivity index (χ1) is 10.7. The van der Waals surface area contributed by atoms with Gasteiger partial charge in [0.05, 0.1) is 13.7 Å². The number of halogens is 1. The zero-order valence-corrected chi connectivity index (χ0v) is 17.1. The van der Waals surface area contributed by atoms with Crippen molar-refractivity contribution >= 4 is 29.9 Å². The number of aliphatic imine (C=N–C) groups is 1. The zero-order valence-electron chi connectivity index (χ0n) is 14.8. The molecule has 0 fully saturated rings. The molecule has 1 rings (SSSR count). The number of methoxy groups -OCH3 is 1. The Morgan fingerprint density at radius 2 is 1.96 bits per heavy atom. The molecule has 132 valence electrons. The highest BCUT2D eigenvalue weighted by Gasteiger charge is 2.02. The Bertz CT molecular complexity index is 454. The predicted molar refractivity (Wildman–Crippen MR) is 109 cm³/mol. The molecule has 1 aromatic carbocycles. The van der Waals surface area contributed by atoms with Gasteiger partial charge in [0, 0.05) is 19.6 Å². The average Bonchev–Trinajstić information content (AvgIpc) is 2.55. The number of hydrogen-bond donors (Lipinski definition) is 2. The highest BCUT2D eigenvalue weighted by atomic mass is 127. The van der Waals surface area contributed by atoms with Gasteiger partial charge in [0.2, 0.25) is 0 Å². The molecule has 0 saturated carbocycles. The second-order valence-electron chi connectivity index (χ2n) is 5.15. The molecule has 0 bridgehead atoms. The van der Waals surface area contributed by atoms with Crippen molar-refractivity contribution in [2.75, 3.05) is 46.9 Å². The van der Waals surface area contributed by atoms with Crippen LogP contribution >= 0.6 is 24.0 Å². The van der Waals surface area contributed by atoms with Gasteiger partial charge in [-0.15, -0.1) is 24.0 Å². The number of rotatable bonds is 9. The smallest absolute Gasteiger partial charge is 0.191 e. The summed E-state index contributed by atoms with van der Waals surface area (Å²) in [6.07, 6.45) is 0.906. The number of ether oxygens (including phenoxy) is 1. The minimum absolute atomic E-state index is 0. The Balaban J connectivity index is 0.00000484. The van der Waals surface area contributed by atoms with E-state index < -0.39 is 0 Å². The molecule has 0 aliphatic rings. The summed E-state index contributed by atoms with van der Waals surface area (Å²) in [6.45, 7) is 8.75. The molecule has 0 amide bonds. The highest BCUT2D eigenvalue weighted by molar-refractivity contribution is 14.0. The second-order valence-corrected chi connectivity index (χ2v) is 5.15. The minimum Gasteiger partial charge on any atom is -0.496 e. The fourth-order valence-corrected chi connectivity index (χ4v) is 2.06. The quantitative estimate of drug-likeness (QED) is 0.356. The van der Waals surface area contributed by atoms with Crippen LogP contribution in [0, 0.1) is 0 Å². The Labute approximate surface area is 157 Å². The lowest BCUT2D eigenvalue weighted by Crippen LogP contribution is -2.39. The Morgan fingerprint density at radius 1 is 1.22 bits per heavy atom. The minimum atomic E-state index is 0. The summed E-state index contributed by atoms with van der Waals surface area (Å²) in [7, 11) is 3.82. The summed E-state index contributed by atoms with van der Waals surface area (Å²) in [5, 5.41) is 6.66. The summed E-state index contributed by atoms with van der Waals surface area (Å²) in [6, 6.07) is 8.12. The summed E-state index contributed by atoms with van der Waals surface area (Å²) in [4.78, 5) is 6.85. The summed E-state index contributed by atoms with van der Waals surface area (Å²) < 4.78 is 5.37. The first kappa shape index (κ1) is 22.0. The molecule has 0 heterocycles. The second kappa shape index (κ2) is 13.4. The molecule has 0 aliphatic heterocycles. The van der Waals surface area contributed by atoms with E-state index in [0.717, 1.165) is 50.9 Å². The molecule has 0 unspecified atom stereocenters. The van der Waals surface area contributed by atoms with Gasteiger partial charge < -0.3 is 20.3 Å². The van der Waals surface area contributed by atoms with E-state index in [4.69, 9.17) is 4.74 Å². The van der Waals surface area contributed by atoms with Crippen molar-refractivity contribution in [3.8, 4) is 5.75 Å². The van der Waals surface area contributed by atoms with E-state index in [1.54, 1.807) is 7.11 Å². The van der Waals surface area contributed by atoms with Crippen LogP contribution in [0.5, 0.6) is 5.75 Å². The van der Waals surface area contributed by atoms with Crippen molar-refractivity contribution in [3.05, 3.63) is 29.8 Å². The number of para-hydroxylation sites is 1. The molecule has 0 radical (unpaired) electrons. The number of guanidine groups is 1. The predicted octanol–water partition coefficient (Wildman–Crippen LogP) is 2.36. The van der Waals surface area contributed by atoms with E-state index in [1.807, 2.05) is 18.2 Å². The number of benzene rings is 1.